The van der Waals surface area contributed by atoms with Crippen LogP contribution in [0.15, 0.2) is 42.5 Å². The smallest absolute Gasteiger partial charge is 0.242 e. The van der Waals surface area contributed by atoms with Crippen molar-refractivity contribution in [1.82, 2.24) is 10.2 Å². The Morgan fingerprint density at radius 3 is 2.38 bits per heavy atom. The van der Waals surface area contributed by atoms with E-state index >= 15 is 0 Å². The van der Waals surface area contributed by atoms with Crippen LogP contribution < -0.4 is 14.8 Å². The maximum Gasteiger partial charge on any atom is 0.242 e. The highest BCUT2D eigenvalue weighted by Crippen LogP contribution is 2.28. The van der Waals surface area contributed by atoms with Gasteiger partial charge in [0.25, 0.3) is 0 Å². The highest BCUT2D eigenvalue weighted by molar-refractivity contribution is 6.31. The first kappa shape index (κ1) is 25.5. The maximum atomic E-state index is 13.3. The second-order valence-corrected chi connectivity index (χ2v) is 8.20. The minimum absolute atomic E-state index is 0.0361. The molecule has 2 amide bonds. The molecule has 0 heterocycles. The quantitative estimate of drug-likeness (QED) is 0.531. The number of hydrogen-bond donors (Lipinski definition) is 1. The fraction of sp³-hybridized carbons (Fsp3) is 0.440. The summed E-state index contributed by atoms with van der Waals surface area (Å²) in [4.78, 5) is 27.6. The van der Waals surface area contributed by atoms with Crippen LogP contribution in [-0.4, -0.2) is 43.0 Å². The third kappa shape index (κ3) is 6.89. The van der Waals surface area contributed by atoms with Gasteiger partial charge in [-0.3, -0.25) is 9.59 Å². The fourth-order valence-electron chi connectivity index (χ4n) is 3.29. The third-order valence-electron chi connectivity index (χ3n) is 5.54. The molecule has 1 N–H and O–H groups in total. The van der Waals surface area contributed by atoms with Crippen LogP contribution in [0, 0.1) is 0 Å². The lowest BCUT2D eigenvalue weighted by Gasteiger charge is -2.30. The monoisotopic (exact) mass is 460 g/mol. The van der Waals surface area contributed by atoms with E-state index in [1.807, 2.05) is 50.2 Å². The predicted molar refractivity (Wildman–Crippen MR) is 127 cm³/mol. The molecule has 0 aromatic heterocycles. The largest absolute Gasteiger partial charge is 0.493 e. The summed E-state index contributed by atoms with van der Waals surface area (Å²) in [6.07, 6.45) is 1.58. The van der Waals surface area contributed by atoms with Crippen molar-refractivity contribution in [2.75, 3.05) is 14.2 Å². The average Bonchev–Trinajstić information content (AvgIpc) is 2.81. The van der Waals surface area contributed by atoms with Gasteiger partial charge in [0, 0.05) is 24.0 Å². The molecule has 2 rings (SSSR count). The lowest BCUT2D eigenvalue weighted by atomic mass is 10.1. The molecule has 2 aromatic carbocycles. The lowest BCUT2D eigenvalue weighted by Crippen LogP contribution is -2.49. The zero-order chi connectivity index (χ0) is 23.7. The molecule has 2 atom stereocenters. The standard InChI is InChI=1S/C25H33ClN2O4/c1-6-17(2)27-25(30)18(3)28(16-20-9-7-8-10-21(20)26)24(29)14-12-19-11-13-22(31-4)23(15-19)32-5/h7-11,13,15,17-18H,6,12,14,16H2,1-5H3,(H,27,30). The minimum atomic E-state index is -0.627. The van der Waals surface area contributed by atoms with Crippen molar-refractivity contribution in [3.05, 3.63) is 58.6 Å². The van der Waals surface area contributed by atoms with Crippen molar-refractivity contribution in [2.24, 2.45) is 0 Å². The zero-order valence-electron chi connectivity index (χ0n) is 19.5. The molecule has 174 valence electrons. The highest BCUT2D eigenvalue weighted by atomic mass is 35.5. The van der Waals surface area contributed by atoms with Gasteiger partial charge in [0.2, 0.25) is 11.8 Å². The molecule has 2 aromatic rings. The molecule has 0 saturated carbocycles. The van der Waals surface area contributed by atoms with Crippen molar-refractivity contribution in [1.29, 1.82) is 0 Å². The van der Waals surface area contributed by atoms with Gasteiger partial charge in [-0.2, -0.15) is 0 Å². The Morgan fingerprint density at radius 2 is 1.75 bits per heavy atom. The van der Waals surface area contributed by atoms with E-state index in [9.17, 15) is 9.59 Å². The maximum absolute atomic E-state index is 13.3. The van der Waals surface area contributed by atoms with Crippen molar-refractivity contribution >= 4 is 23.4 Å². The average molecular weight is 461 g/mol. The van der Waals surface area contributed by atoms with E-state index in [4.69, 9.17) is 21.1 Å². The van der Waals surface area contributed by atoms with Crippen LogP contribution in [0.3, 0.4) is 0 Å². The van der Waals surface area contributed by atoms with Gasteiger partial charge in [0.1, 0.15) is 6.04 Å². The van der Waals surface area contributed by atoms with E-state index in [-0.39, 0.29) is 30.8 Å². The summed E-state index contributed by atoms with van der Waals surface area (Å²) in [6.45, 7) is 5.97. The van der Waals surface area contributed by atoms with Crippen molar-refractivity contribution in [3.63, 3.8) is 0 Å². The summed E-state index contributed by atoms with van der Waals surface area (Å²) in [7, 11) is 3.16. The number of halogens is 1. The Labute approximate surface area is 195 Å². The normalized spacial score (nSPS) is 12.6. The number of amides is 2. The summed E-state index contributed by atoms with van der Waals surface area (Å²) in [6, 6.07) is 12.4. The Morgan fingerprint density at radius 1 is 1.06 bits per heavy atom. The number of nitrogens with one attached hydrogen (secondary N) is 1. The van der Waals surface area contributed by atoms with Gasteiger partial charge >= 0.3 is 0 Å². The van der Waals surface area contributed by atoms with E-state index in [0.717, 1.165) is 17.5 Å². The first-order valence-electron chi connectivity index (χ1n) is 10.8. The van der Waals surface area contributed by atoms with E-state index in [2.05, 4.69) is 5.32 Å². The van der Waals surface area contributed by atoms with Gasteiger partial charge in [-0.15, -0.1) is 0 Å². The van der Waals surface area contributed by atoms with E-state index in [1.54, 1.807) is 32.1 Å². The summed E-state index contributed by atoms with van der Waals surface area (Å²) in [5.41, 5.74) is 1.75. The summed E-state index contributed by atoms with van der Waals surface area (Å²) in [5, 5.41) is 3.54. The molecule has 0 aliphatic carbocycles. The molecule has 0 bridgehead atoms. The van der Waals surface area contributed by atoms with Crippen molar-refractivity contribution < 1.29 is 19.1 Å². The molecule has 0 radical (unpaired) electrons. The van der Waals surface area contributed by atoms with Crippen LogP contribution in [0.4, 0.5) is 0 Å². The zero-order valence-corrected chi connectivity index (χ0v) is 20.2. The van der Waals surface area contributed by atoms with Crippen LogP contribution in [0.25, 0.3) is 0 Å². The molecule has 0 saturated heterocycles. The molecular formula is C25H33ClN2O4. The Hall–Kier alpha value is -2.73. The lowest BCUT2D eigenvalue weighted by molar-refractivity contribution is -0.140. The molecule has 7 heteroatoms. The number of hydrogen-bond acceptors (Lipinski definition) is 4. The fourth-order valence-corrected chi connectivity index (χ4v) is 3.48. The van der Waals surface area contributed by atoms with Crippen molar-refractivity contribution in [3.8, 4) is 11.5 Å². The van der Waals surface area contributed by atoms with Gasteiger partial charge in [-0.25, -0.2) is 0 Å². The number of carbonyl (C=O) groups is 2. The van der Waals surface area contributed by atoms with Crippen LogP contribution in [0.1, 0.15) is 44.7 Å². The number of nitrogens with zero attached hydrogens (tertiary/aromatic N) is 1. The molecule has 2 unspecified atom stereocenters. The highest BCUT2D eigenvalue weighted by Gasteiger charge is 2.27. The molecule has 0 aliphatic heterocycles. The number of rotatable bonds is 11. The van der Waals surface area contributed by atoms with Crippen LogP contribution in [0.2, 0.25) is 5.02 Å². The molecule has 0 fully saturated rings. The number of benzene rings is 2. The molecule has 32 heavy (non-hydrogen) atoms. The van der Waals surface area contributed by atoms with Gasteiger partial charge < -0.3 is 19.7 Å². The van der Waals surface area contributed by atoms with Crippen LogP contribution in [0.5, 0.6) is 11.5 Å². The predicted octanol–water partition coefficient (Wildman–Crippen LogP) is 4.62. The van der Waals surface area contributed by atoms with E-state index in [1.165, 1.54) is 0 Å². The minimum Gasteiger partial charge on any atom is -0.493 e. The van der Waals surface area contributed by atoms with E-state index in [0.29, 0.717) is 22.9 Å². The number of carbonyl (C=O) groups excluding carboxylic acids is 2. The summed E-state index contributed by atoms with van der Waals surface area (Å²) >= 11 is 6.33. The second-order valence-electron chi connectivity index (χ2n) is 7.80. The van der Waals surface area contributed by atoms with E-state index < -0.39 is 6.04 Å². The van der Waals surface area contributed by atoms with Gasteiger partial charge in [-0.05, 0) is 56.0 Å². The van der Waals surface area contributed by atoms with Gasteiger partial charge in [-0.1, -0.05) is 42.8 Å². The SMILES string of the molecule is CCC(C)NC(=O)C(C)N(Cc1ccccc1Cl)C(=O)CCc1ccc(OC)c(OC)c1. The first-order valence-corrected chi connectivity index (χ1v) is 11.2. The molecule has 0 spiro atoms. The summed E-state index contributed by atoms with van der Waals surface area (Å²) in [5.74, 6) is 0.960. The number of aryl methyl sites for hydroxylation is 1. The second kappa shape index (κ2) is 12.3. The third-order valence-corrected chi connectivity index (χ3v) is 5.91. The molecular weight excluding hydrogens is 428 g/mol. The molecule has 0 aliphatic rings. The van der Waals surface area contributed by atoms with Crippen LogP contribution in [-0.2, 0) is 22.6 Å². The first-order chi connectivity index (χ1) is 15.3. The Bertz CT molecular complexity index is 919. The van der Waals surface area contributed by atoms with Gasteiger partial charge in [0.15, 0.2) is 11.5 Å². The summed E-state index contributed by atoms with van der Waals surface area (Å²) < 4.78 is 10.6. The number of methoxy groups -OCH3 is 2. The van der Waals surface area contributed by atoms with Crippen LogP contribution >= 0.6 is 11.6 Å². The molecule has 6 nitrogen and oxygen atoms in total. The Balaban J connectivity index is 2.19. The topological polar surface area (TPSA) is 67.9 Å². The van der Waals surface area contributed by atoms with Gasteiger partial charge in [0.05, 0.1) is 14.2 Å². The number of ether oxygens (including phenoxy) is 2. The Kier molecular flexibility index (Phi) is 9.85. The van der Waals surface area contributed by atoms with Crippen molar-refractivity contribution in [2.45, 2.75) is 58.7 Å².